The van der Waals surface area contributed by atoms with E-state index in [0.717, 1.165) is 17.7 Å². The van der Waals surface area contributed by atoms with Gasteiger partial charge in [-0.15, -0.1) is 10.2 Å². The summed E-state index contributed by atoms with van der Waals surface area (Å²) in [6.45, 7) is 4.11. The normalized spacial score (nSPS) is 11.2. The molecule has 10 heteroatoms. The molecule has 10 nitrogen and oxygen atoms in total. The zero-order valence-corrected chi connectivity index (χ0v) is 14.8. The van der Waals surface area contributed by atoms with Crippen molar-refractivity contribution in [2.45, 2.75) is 26.7 Å². The molecule has 1 N–H and O–H groups in total. The van der Waals surface area contributed by atoms with Gasteiger partial charge in [0.2, 0.25) is 16.9 Å². The van der Waals surface area contributed by atoms with Gasteiger partial charge >= 0.3 is 5.97 Å². The van der Waals surface area contributed by atoms with E-state index in [1.165, 1.54) is 0 Å². The zero-order valence-electron chi connectivity index (χ0n) is 14.8. The van der Waals surface area contributed by atoms with Gasteiger partial charge in [0.25, 0.3) is 0 Å². The molecule has 138 valence electrons. The van der Waals surface area contributed by atoms with Crippen LogP contribution in [-0.4, -0.2) is 42.5 Å². The zero-order chi connectivity index (χ0) is 18.8. The number of hydrogen-bond acceptors (Lipinski definition) is 9. The smallest absolute Gasteiger partial charge is 0.313 e. The maximum atomic E-state index is 11.9. The topological polar surface area (TPSA) is 120 Å². The quantitative estimate of drug-likeness (QED) is 0.510. The Morgan fingerprint density at radius 3 is 2.85 bits per heavy atom. The van der Waals surface area contributed by atoms with Gasteiger partial charge in [0, 0.05) is 5.69 Å². The number of carbonyl (C=O) groups excluding carboxylic acids is 1. The Bertz CT molecular complexity index is 1120. The molecule has 0 aliphatic rings. The summed E-state index contributed by atoms with van der Waals surface area (Å²) >= 11 is 0. The Morgan fingerprint density at radius 1 is 1.19 bits per heavy atom. The minimum atomic E-state index is -0.404. The molecular formula is C17H17N7O3. The fourth-order valence-electron chi connectivity index (χ4n) is 2.86. The van der Waals surface area contributed by atoms with Gasteiger partial charge in [-0.05, 0) is 35.3 Å². The van der Waals surface area contributed by atoms with Crippen molar-refractivity contribution >= 4 is 34.4 Å². The Labute approximate surface area is 153 Å². The molecule has 0 unspecified atom stereocenters. The number of aryl methyl sites for hydroxylation is 1. The third-order valence-corrected chi connectivity index (χ3v) is 4.09. The number of nitrogens with zero attached hydrogens (tertiary/aromatic N) is 6. The van der Waals surface area contributed by atoms with Crippen LogP contribution >= 0.6 is 0 Å². The Balaban J connectivity index is 1.83. The van der Waals surface area contributed by atoms with Gasteiger partial charge in [-0.3, -0.25) is 9.20 Å². The van der Waals surface area contributed by atoms with Crippen LogP contribution in [0.25, 0.3) is 16.9 Å². The van der Waals surface area contributed by atoms with Crippen LogP contribution in [0.5, 0.6) is 0 Å². The van der Waals surface area contributed by atoms with Crippen molar-refractivity contribution in [2.24, 2.45) is 0 Å². The average Bonchev–Trinajstić information content (AvgIpc) is 3.29. The first-order chi connectivity index (χ1) is 13.2. The highest BCUT2D eigenvalue weighted by molar-refractivity contribution is 5.81. The number of carbonyl (C=O) groups is 1. The molecule has 3 heterocycles. The van der Waals surface area contributed by atoms with Crippen LogP contribution in [0.3, 0.4) is 0 Å². The van der Waals surface area contributed by atoms with Crippen LogP contribution in [0.15, 0.2) is 28.9 Å². The number of hydrogen-bond donors (Lipinski definition) is 1. The molecule has 0 bridgehead atoms. The molecule has 4 aromatic rings. The second kappa shape index (κ2) is 6.98. The Morgan fingerprint density at radius 2 is 2.04 bits per heavy atom. The predicted octanol–water partition coefficient (Wildman–Crippen LogP) is 2.07. The summed E-state index contributed by atoms with van der Waals surface area (Å²) in [4.78, 5) is 16.3. The van der Waals surface area contributed by atoms with E-state index in [2.05, 4.69) is 37.7 Å². The summed E-state index contributed by atoms with van der Waals surface area (Å²) < 4.78 is 11.4. The molecule has 27 heavy (non-hydrogen) atoms. The van der Waals surface area contributed by atoms with Crippen molar-refractivity contribution in [3.05, 3.63) is 35.7 Å². The van der Waals surface area contributed by atoms with Crippen LogP contribution < -0.4 is 5.32 Å². The first-order valence-corrected chi connectivity index (χ1v) is 8.58. The molecule has 0 saturated carbocycles. The summed E-state index contributed by atoms with van der Waals surface area (Å²) in [6.07, 6.45) is 0.806. The molecule has 0 aliphatic carbocycles. The summed E-state index contributed by atoms with van der Waals surface area (Å²) in [5, 5.41) is 19.3. The Hall–Kier alpha value is -3.56. The standard InChI is InChI=1S/C17H17N7O3/c1-3-10-7-5-6-8-11(10)18-14-16-21-20-12(9-13(25)26-4-2)24(16)17-15(19-14)22-27-23-17/h5-8H,3-4,9H2,1-2H3,(H,18,19,22). The minimum Gasteiger partial charge on any atom is -0.466 e. The first kappa shape index (κ1) is 16.9. The molecule has 0 amide bonds. The van der Waals surface area contributed by atoms with E-state index in [9.17, 15) is 4.79 Å². The maximum Gasteiger partial charge on any atom is 0.313 e. The van der Waals surface area contributed by atoms with Crippen LogP contribution in [0.1, 0.15) is 25.2 Å². The van der Waals surface area contributed by atoms with Crippen LogP contribution in [0, 0.1) is 0 Å². The van der Waals surface area contributed by atoms with Crippen molar-refractivity contribution in [3.8, 4) is 0 Å². The number of rotatable bonds is 6. The van der Waals surface area contributed by atoms with Gasteiger partial charge in [0.1, 0.15) is 6.42 Å². The molecule has 0 atom stereocenters. The Kier molecular flexibility index (Phi) is 4.37. The molecule has 1 aromatic carbocycles. The van der Waals surface area contributed by atoms with Gasteiger partial charge in [0.05, 0.1) is 6.61 Å². The van der Waals surface area contributed by atoms with E-state index in [4.69, 9.17) is 9.37 Å². The largest absolute Gasteiger partial charge is 0.466 e. The van der Waals surface area contributed by atoms with Crippen LogP contribution in [0.4, 0.5) is 11.5 Å². The fraction of sp³-hybridized carbons (Fsp3) is 0.294. The molecular weight excluding hydrogens is 350 g/mol. The monoisotopic (exact) mass is 367 g/mol. The van der Waals surface area contributed by atoms with Gasteiger partial charge in [-0.1, -0.05) is 25.1 Å². The lowest BCUT2D eigenvalue weighted by atomic mass is 10.1. The lowest BCUT2D eigenvalue weighted by molar-refractivity contribution is -0.142. The molecule has 3 aromatic heterocycles. The van der Waals surface area contributed by atoms with E-state index in [1.807, 2.05) is 24.3 Å². The van der Waals surface area contributed by atoms with Gasteiger partial charge in [0.15, 0.2) is 11.6 Å². The number of fused-ring (bicyclic) bond motifs is 3. The number of ether oxygens (including phenoxy) is 1. The van der Waals surface area contributed by atoms with Crippen molar-refractivity contribution in [1.29, 1.82) is 0 Å². The van der Waals surface area contributed by atoms with Crippen LogP contribution in [-0.2, 0) is 22.4 Å². The molecule has 0 spiro atoms. The number of aromatic nitrogens is 6. The number of benzene rings is 1. The van der Waals surface area contributed by atoms with E-state index < -0.39 is 5.97 Å². The summed E-state index contributed by atoms with van der Waals surface area (Å²) in [5.74, 6) is 0.416. The average molecular weight is 367 g/mol. The number of para-hydroxylation sites is 1. The van der Waals surface area contributed by atoms with Crippen molar-refractivity contribution in [3.63, 3.8) is 0 Å². The van der Waals surface area contributed by atoms with Crippen LogP contribution in [0.2, 0.25) is 0 Å². The minimum absolute atomic E-state index is 0.0496. The molecule has 4 rings (SSSR count). The highest BCUT2D eigenvalue weighted by Gasteiger charge is 2.21. The molecule has 0 aliphatic heterocycles. The lowest BCUT2D eigenvalue weighted by Crippen LogP contribution is -2.11. The van der Waals surface area contributed by atoms with E-state index in [-0.39, 0.29) is 12.1 Å². The van der Waals surface area contributed by atoms with Crippen molar-refractivity contribution < 1.29 is 14.2 Å². The second-order valence-electron chi connectivity index (χ2n) is 5.76. The number of esters is 1. The first-order valence-electron chi connectivity index (χ1n) is 8.58. The number of nitrogens with one attached hydrogen (secondary N) is 1. The maximum absolute atomic E-state index is 11.9. The SMILES string of the molecule is CCOC(=O)Cc1nnc2c(Nc3ccccc3CC)nc3nonc3n12. The molecule has 0 fully saturated rings. The van der Waals surface area contributed by atoms with Gasteiger partial charge < -0.3 is 10.1 Å². The summed E-state index contributed by atoms with van der Waals surface area (Å²) in [6, 6.07) is 7.90. The third-order valence-electron chi connectivity index (χ3n) is 4.09. The fourth-order valence-corrected chi connectivity index (χ4v) is 2.86. The van der Waals surface area contributed by atoms with Gasteiger partial charge in [-0.2, -0.15) is 0 Å². The van der Waals surface area contributed by atoms with Crippen molar-refractivity contribution in [1.82, 2.24) is 29.9 Å². The predicted molar refractivity (Wildman–Crippen MR) is 95.6 cm³/mol. The summed E-state index contributed by atoms with van der Waals surface area (Å²) in [7, 11) is 0. The van der Waals surface area contributed by atoms with E-state index in [0.29, 0.717) is 29.5 Å². The lowest BCUT2D eigenvalue weighted by Gasteiger charge is -2.10. The highest BCUT2D eigenvalue weighted by Crippen LogP contribution is 2.25. The molecule has 0 radical (unpaired) electrons. The summed E-state index contributed by atoms with van der Waals surface area (Å²) in [5.41, 5.74) is 3.07. The van der Waals surface area contributed by atoms with E-state index in [1.54, 1.807) is 11.3 Å². The van der Waals surface area contributed by atoms with Gasteiger partial charge in [-0.25, -0.2) is 9.61 Å². The molecule has 0 saturated heterocycles. The second-order valence-corrected chi connectivity index (χ2v) is 5.76. The number of anilines is 2. The van der Waals surface area contributed by atoms with Crippen molar-refractivity contribution in [2.75, 3.05) is 11.9 Å². The highest BCUT2D eigenvalue weighted by atomic mass is 16.6. The van der Waals surface area contributed by atoms with E-state index >= 15 is 0 Å². The third kappa shape index (κ3) is 3.05.